The molecule has 0 aromatic carbocycles. The number of thiazole rings is 1. The Kier molecular flexibility index (Phi) is 4.28. The molecule has 2 atom stereocenters. The minimum atomic E-state index is -3.29. The van der Waals surface area contributed by atoms with E-state index in [0.717, 1.165) is 5.01 Å². The SMILES string of the molecule is Cc1nc(C(=O)N2CCN(C(=O)N(C)C)[C@H]3CS(=O)(=O)C[C@H]32)cs1. The second-order valence-corrected chi connectivity index (χ2v) is 9.55. The molecule has 1 aromatic rings. The Hall–Kier alpha value is -1.68. The number of rotatable bonds is 1. The van der Waals surface area contributed by atoms with Crippen LogP contribution >= 0.6 is 11.3 Å². The van der Waals surface area contributed by atoms with Gasteiger partial charge in [-0.25, -0.2) is 18.2 Å². The molecule has 0 spiro atoms. The summed E-state index contributed by atoms with van der Waals surface area (Å²) in [6.45, 7) is 2.45. The topological polar surface area (TPSA) is 90.9 Å². The first-order valence-corrected chi connectivity index (χ1v) is 10.3. The molecule has 132 valence electrons. The number of hydrogen-bond acceptors (Lipinski definition) is 6. The fourth-order valence-corrected chi connectivity index (χ4v) is 5.88. The average molecular weight is 372 g/mol. The van der Waals surface area contributed by atoms with Gasteiger partial charge in [0, 0.05) is 32.6 Å². The number of sulfone groups is 1. The van der Waals surface area contributed by atoms with Crippen LogP contribution < -0.4 is 0 Å². The summed E-state index contributed by atoms with van der Waals surface area (Å²) < 4.78 is 24.3. The molecular formula is C14H20N4O4S2. The maximum absolute atomic E-state index is 12.7. The number of urea groups is 1. The zero-order chi connectivity index (χ0) is 17.6. The summed E-state index contributed by atoms with van der Waals surface area (Å²) in [5.74, 6) is -0.468. The van der Waals surface area contributed by atoms with Crippen molar-refractivity contribution in [3.05, 3.63) is 16.1 Å². The van der Waals surface area contributed by atoms with Crippen LogP contribution in [0.2, 0.25) is 0 Å². The lowest BCUT2D eigenvalue weighted by atomic mass is 10.0. The van der Waals surface area contributed by atoms with Gasteiger partial charge in [0.05, 0.1) is 28.6 Å². The van der Waals surface area contributed by atoms with E-state index < -0.39 is 21.9 Å². The fraction of sp³-hybridized carbons (Fsp3) is 0.643. The van der Waals surface area contributed by atoms with Crippen LogP contribution in [0.4, 0.5) is 4.79 Å². The van der Waals surface area contributed by atoms with Gasteiger partial charge in [-0.1, -0.05) is 0 Å². The summed E-state index contributed by atoms with van der Waals surface area (Å²) in [6.07, 6.45) is 0. The van der Waals surface area contributed by atoms with Gasteiger partial charge in [0.2, 0.25) is 0 Å². The van der Waals surface area contributed by atoms with Crippen molar-refractivity contribution in [2.45, 2.75) is 19.0 Å². The van der Waals surface area contributed by atoms with Gasteiger partial charge in [-0.2, -0.15) is 0 Å². The number of carbonyl (C=O) groups is 2. The summed E-state index contributed by atoms with van der Waals surface area (Å²) in [5, 5.41) is 2.48. The van der Waals surface area contributed by atoms with Crippen molar-refractivity contribution in [1.29, 1.82) is 0 Å². The van der Waals surface area contributed by atoms with E-state index >= 15 is 0 Å². The largest absolute Gasteiger partial charge is 0.331 e. The van der Waals surface area contributed by atoms with Crippen LogP contribution in [0.15, 0.2) is 5.38 Å². The minimum absolute atomic E-state index is 0.100. The number of aryl methyl sites for hydroxylation is 1. The van der Waals surface area contributed by atoms with Crippen LogP contribution in [0.3, 0.4) is 0 Å². The van der Waals surface area contributed by atoms with E-state index in [9.17, 15) is 18.0 Å². The third-order valence-electron chi connectivity index (χ3n) is 4.40. The maximum atomic E-state index is 12.7. The second-order valence-electron chi connectivity index (χ2n) is 6.33. The first-order chi connectivity index (χ1) is 11.2. The molecule has 2 aliphatic heterocycles. The van der Waals surface area contributed by atoms with Crippen LogP contribution in [-0.2, 0) is 9.84 Å². The highest BCUT2D eigenvalue weighted by atomic mass is 32.2. The van der Waals surface area contributed by atoms with Gasteiger partial charge in [0.1, 0.15) is 5.69 Å². The van der Waals surface area contributed by atoms with Crippen LogP contribution in [0, 0.1) is 6.92 Å². The van der Waals surface area contributed by atoms with Crippen LogP contribution in [0.5, 0.6) is 0 Å². The predicted octanol–water partition coefficient (Wildman–Crippen LogP) is 0.0565. The Labute approximate surface area is 145 Å². The highest BCUT2D eigenvalue weighted by molar-refractivity contribution is 7.91. The molecule has 3 amide bonds. The number of hydrogen-bond donors (Lipinski definition) is 0. The van der Waals surface area contributed by atoms with Crippen LogP contribution in [-0.4, -0.2) is 90.8 Å². The summed E-state index contributed by atoms with van der Waals surface area (Å²) >= 11 is 1.38. The van der Waals surface area contributed by atoms with Gasteiger partial charge in [-0.3, -0.25) is 4.79 Å². The molecule has 0 radical (unpaired) electrons. The van der Waals surface area contributed by atoms with Crippen molar-refractivity contribution in [3.63, 3.8) is 0 Å². The summed E-state index contributed by atoms with van der Waals surface area (Å²) in [7, 11) is -0.0179. The minimum Gasteiger partial charge on any atom is -0.331 e. The molecule has 24 heavy (non-hydrogen) atoms. The highest BCUT2D eigenvalue weighted by Crippen LogP contribution is 2.29. The van der Waals surface area contributed by atoms with Crippen molar-refractivity contribution >= 4 is 33.1 Å². The lowest BCUT2D eigenvalue weighted by Crippen LogP contribution is -2.63. The number of nitrogens with zero attached hydrogens (tertiary/aromatic N) is 4. The van der Waals surface area contributed by atoms with Crippen molar-refractivity contribution in [3.8, 4) is 0 Å². The highest BCUT2D eigenvalue weighted by Gasteiger charge is 2.50. The molecule has 1 aromatic heterocycles. The number of piperazine rings is 1. The second kappa shape index (κ2) is 5.99. The van der Waals surface area contributed by atoms with Crippen molar-refractivity contribution < 1.29 is 18.0 Å². The van der Waals surface area contributed by atoms with E-state index in [1.165, 1.54) is 16.2 Å². The van der Waals surface area contributed by atoms with Gasteiger partial charge in [-0.05, 0) is 6.92 Å². The van der Waals surface area contributed by atoms with Crippen molar-refractivity contribution in [2.75, 3.05) is 38.7 Å². The van der Waals surface area contributed by atoms with E-state index in [4.69, 9.17) is 0 Å². The quantitative estimate of drug-likeness (QED) is 0.695. The lowest BCUT2D eigenvalue weighted by molar-refractivity contribution is 0.0389. The Bertz CT molecular complexity index is 773. The van der Waals surface area contributed by atoms with Gasteiger partial charge in [0.15, 0.2) is 9.84 Å². The van der Waals surface area contributed by atoms with Crippen LogP contribution in [0.1, 0.15) is 15.5 Å². The number of carbonyl (C=O) groups excluding carboxylic acids is 2. The normalized spacial score (nSPS) is 25.5. The third kappa shape index (κ3) is 3.00. The smallest absolute Gasteiger partial charge is 0.319 e. The standard InChI is InChI=1S/C14H20N4O4S2/c1-9-15-10(6-23-9)13(19)17-4-5-18(14(20)16(2)3)12-8-24(21,22)7-11(12)17/h6,11-12H,4-5,7-8H2,1-3H3/t11-,12+/m1/s1. The molecule has 10 heteroatoms. The first-order valence-electron chi connectivity index (χ1n) is 7.61. The third-order valence-corrected chi connectivity index (χ3v) is 6.88. The predicted molar refractivity (Wildman–Crippen MR) is 89.9 cm³/mol. The van der Waals surface area contributed by atoms with E-state index in [2.05, 4.69) is 4.98 Å². The number of aromatic nitrogens is 1. The molecule has 0 N–H and O–H groups in total. The molecule has 3 rings (SSSR count). The number of fused-ring (bicyclic) bond motifs is 1. The average Bonchev–Trinajstić information content (AvgIpc) is 3.06. The maximum Gasteiger partial charge on any atom is 0.319 e. The summed E-state index contributed by atoms with van der Waals surface area (Å²) in [6, 6.07) is -1.23. The number of amides is 3. The monoisotopic (exact) mass is 372 g/mol. The van der Waals surface area contributed by atoms with Gasteiger partial charge >= 0.3 is 6.03 Å². The first kappa shape index (κ1) is 17.2. The molecule has 2 aliphatic rings. The van der Waals surface area contributed by atoms with Gasteiger partial charge in [0.25, 0.3) is 5.91 Å². The Balaban J connectivity index is 1.90. The zero-order valence-corrected chi connectivity index (χ0v) is 15.4. The molecule has 8 nitrogen and oxygen atoms in total. The van der Waals surface area contributed by atoms with E-state index in [1.807, 2.05) is 6.92 Å². The molecule has 3 heterocycles. The fourth-order valence-electron chi connectivity index (χ4n) is 3.31. The molecule has 2 saturated heterocycles. The summed E-state index contributed by atoms with van der Waals surface area (Å²) in [5.41, 5.74) is 0.341. The zero-order valence-electron chi connectivity index (χ0n) is 13.8. The van der Waals surface area contributed by atoms with Gasteiger partial charge < -0.3 is 14.7 Å². The van der Waals surface area contributed by atoms with E-state index in [1.54, 1.807) is 29.3 Å². The Morgan fingerprint density at radius 1 is 1.21 bits per heavy atom. The molecule has 0 bridgehead atoms. The van der Waals surface area contributed by atoms with E-state index in [0.29, 0.717) is 18.8 Å². The van der Waals surface area contributed by atoms with Gasteiger partial charge in [-0.15, -0.1) is 11.3 Å². The molecule has 0 unspecified atom stereocenters. The molecule has 0 saturated carbocycles. The molecular weight excluding hydrogens is 352 g/mol. The lowest BCUT2D eigenvalue weighted by Gasteiger charge is -2.44. The van der Waals surface area contributed by atoms with Crippen LogP contribution in [0.25, 0.3) is 0 Å². The van der Waals surface area contributed by atoms with Crippen molar-refractivity contribution in [1.82, 2.24) is 19.7 Å². The summed E-state index contributed by atoms with van der Waals surface area (Å²) in [4.78, 5) is 33.9. The molecule has 0 aliphatic carbocycles. The molecule has 2 fully saturated rings. The Morgan fingerprint density at radius 2 is 1.79 bits per heavy atom. The van der Waals surface area contributed by atoms with E-state index in [-0.39, 0.29) is 23.4 Å². The Morgan fingerprint density at radius 3 is 2.33 bits per heavy atom. The van der Waals surface area contributed by atoms with Crippen molar-refractivity contribution in [2.24, 2.45) is 0 Å².